The third kappa shape index (κ3) is 2.26. The lowest BCUT2D eigenvalue weighted by Gasteiger charge is -2.01. The van der Waals surface area contributed by atoms with Crippen molar-refractivity contribution in [3.8, 4) is 0 Å². The predicted molar refractivity (Wildman–Crippen MR) is 62.1 cm³/mol. The number of aryl methyl sites for hydroxylation is 1. The fourth-order valence-corrected chi connectivity index (χ4v) is 1.58. The molecular weight excluding hydrogens is 331 g/mol. The molecular formula is C8H8BrIN2. The van der Waals surface area contributed by atoms with Gasteiger partial charge in [0.25, 0.3) is 0 Å². The van der Waals surface area contributed by atoms with Crippen molar-refractivity contribution in [2.75, 3.05) is 0 Å². The topological polar surface area (TPSA) is 25.8 Å². The Kier molecular flexibility index (Phi) is 3.64. The quantitative estimate of drug-likeness (QED) is 0.734. The van der Waals surface area contributed by atoms with Crippen molar-refractivity contribution in [2.24, 2.45) is 0 Å². The van der Waals surface area contributed by atoms with E-state index < -0.39 is 0 Å². The standard InChI is InChI=1S/C8H8BrIN2/c1-3-6(10)8-5(2)11-4-7(9)12-8/h3-4H,1-2H3/b6-3+. The van der Waals surface area contributed by atoms with Crippen LogP contribution >= 0.6 is 38.5 Å². The van der Waals surface area contributed by atoms with E-state index in [-0.39, 0.29) is 0 Å². The molecule has 12 heavy (non-hydrogen) atoms. The first-order valence-corrected chi connectivity index (χ1v) is 5.33. The minimum Gasteiger partial charge on any atom is -0.256 e. The average Bonchev–Trinajstić information content (AvgIpc) is 2.08. The molecule has 4 heteroatoms. The first-order chi connectivity index (χ1) is 5.65. The van der Waals surface area contributed by atoms with E-state index in [0.717, 1.165) is 19.6 Å². The molecule has 0 atom stereocenters. The number of nitrogens with zero attached hydrogens (tertiary/aromatic N) is 2. The number of hydrogen-bond acceptors (Lipinski definition) is 2. The monoisotopic (exact) mass is 338 g/mol. The number of halogens is 2. The van der Waals surface area contributed by atoms with E-state index in [1.54, 1.807) is 6.20 Å². The van der Waals surface area contributed by atoms with E-state index >= 15 is 0 Å². The van der Waals surface area contributed by atoms with E-state index in [1.165, 1.54) is 0 Å². The lowest BCUT2D eigenvalue weighted by molar-refractivity contribution is 1.07. The van der Waals surface area contributed by atoms with Crippen LogP contribution in [0.5, 0.6) is 0 Å². The zero-order valence-corrected chi connectivity index (χ0v) is 10.5. The van der Waals surface area contributed by atoms with Gasteiger partial charge in [0.1, 0.15) is 4.60 Å². The van der Waals surface area contributed by atoms with Gasteiger partial charge in [-0.1, -0.05) is 6.08 Å². The third-order valence-electron chi connectivity index (χ3n) is 1.41. The minimum atomic E-state index is 0.777. The molecule has 0 aliphatic rings. The van der Waals surface area contributed by atoms with Gasteiger partial charge >= 0.3 is 0 Å². The Balaban J connectivity index is 3.23. The Labute approximate surface area is 93.8 Å². The molecule has 1 heterocycles. The molecule has 0 amide bonds. The zero-order chi connectivity index (χ0) is 9.14. The van der Waals surface area contributed by atoms with Crippen molar-refractivity contribution >= 4 is 42.1 Å². The van der Waals surface area contributed by atoms with Crippen LogP contribution in [0.15, 0.2) is 16.9 Å². The molecule has 0 saturated carbocycles. The zero-order valence-electron chi connectivity index (χ0n) is 6.81. The molecule has 0 radical (unpaired) electrons. The van der Waals surface area contributed by atoms with Gasteiger partial charge in [0.15, 0.2) is 0 Å². The van der Waals surface area contributed by atoms with Gasteiger partial charge in [0, 0.05) is 3.58 Å². The molecule has 1 aromatic heterocycles. The Hall–Kier alpha value is 0.0300. The van der Waals surface area contributed by atoms with E-state index in [1.807, 2.05) is 19.9 Å². The summed E-state index contributed by atoms with van der Waals surface area (Å²) in [5.41, 5.74) is 1.91. The molecule has 1 aromatic rings. The molecule has 0 aromatic carbocycles. The second-order valence-electron chi connectivity index (χ2n) is 2.26. The fraction of sp³-hybridized carbons (Fsp3) is 0.250. The molecule has 0 spiro atoms. The molecule has 0 N–H and O–H groups in total. The summed E-state index contributed by atoms with van der Waals surface area (Å²) in [6.07, 6.45) is 3.72. The van der Waals surface area contributed by atoms with Gasteiger partial charge in [-0.3, -0.25) is 4.98 Å². The van der Waals surface area contributed by atoms with Gasteiger partial charge in [-0.2, -0.15) is 0 Å². The van der Waals surface area contributed by atoms with E-state index in [2.05, 4.69) is 48.5 Å². The number of aromatic nitrogens is 2. The van der Waals surface area contributed by atoms with Crippen molar-refractivity contribution in [1.29, 1.82) is 0 Å². The fourth-order valence-electron chi connectivity index (χ4n) is 0.791. The van der Waals surface area contributed by atoms with Gasteiger partial charge in [0.2, 0.25) is 0 Å². The summed E-state index contributed by atoms with van der Waals surface area (Å²) < 4.78 is 1.90. The summed E-state index contributed by atoms with van der Waals surface area (Å²) in [6, 6.07) is 0. The van der Waals surface area contributed by atoms with Crippen LogP contribution in [0.3, 0.4) is 0 Å². The van der Waals surface area contributed by atoms with Crippen LogP contribution in [0.4, 0.5) is 0 Å². The van der Waals surface area contributed by atoms with Gasteiger partial charge < -0.3 is 0 Å². The van der Waals surface area contributed by atoms with E-state index in [4.69, 9.17) is 0 Å². The lowest BCUT2D eigenvalue weighted by atomic mass is 10.3. The second kappa shape index (κ2) is 4.32. The highest BCUT2D eigenvalue weighted by atomic mass is 127. The van der Waals surface area contributed by atoms with E-state index in [0.29, 0.717) is 0 Å². The molecule has 0 aliphatic carbocycles. The van der Waals surface area contributed by atoms with Crippen LogP contribution in [-0.4, -0.2) is 9.97 Å². The first-order valence-electron chi connectivity index (χ1n) is 3.46. The van der Waals surface area contributed by atoms with Gasteiger partial charge in [-0.05, 0) is 52.4 Å². The summed E-state index contributed by atoms with van der Waals surface area (Å²) in [5.74, 6) is 0. The molecule has 0 fully saturated rings. The molecule has 64 valence electrons. The Morgan fingerprint density at radius 1 is 1.67 bits per heavy atom. The molecule has 0 saturated heterocycles. The van der Waals surface area contributed by atoms with Crippen LogP contribution in [0.25, 0.3) is 3.58 Å². The number of rotatable bonds is 1. The van der Waals surface area contributed by atoms with Crippen LogP contribution in [0.1, 0.15) is 18.3 Å². The van der Waals surface area contributed by atoms with Gasteiger partial charge in [0.05, 0.1) is 17.6 Å². The summed E-state index contributed by atoms with van der Waals surface area (Å²) in [4.78, 5) is 8.51. The normalized spacial score (nSPS) is 11.8. The predicted octanol–water partition coefficient (Wildman–Crippen LogP) is 3.34. The molecule has 0 aliphatic heterocycles. The summed E-state index contributed by atoms with van der Waals surface area (Å²) in [7, 11) is 0. The second-order valence-corrected chi connectivity index (χ2v) is 4.24. The number of hydrogen-bond donors (Lipinski definition) is 0. The van der Waals surface area contributed by atoms with Crippen molar-refractivity contribution in [1.82, 2.24) is 9.97 Å². The highest BCUT2D eigenvalue weighted by Crippen LogP contribution is 2.22. The van der Waals surface area contributed by atoms with Crippen LogP contribution in [0.2, 0.25) is 0 Å². The minimum absolute atomic E-state index is 0.777. The maximum Gasteiger partial charge on any atom is 0.125 e. The van der Waals surface area contributed by atoms with Crippen LogP contribution in [0, 0.1) is 6.92 Å². The molecule has 0 unspecified atom stereocenters. The van der Waals surface area contributed by atoms with Crippen molar-refractivity contribution < 1.29 is 0 Å². The summed E-state index contributed by atoms with van der Waals surface area (Å²) in [5, 5.41) is 0. The van der Waals surface area contributed by atoms with Gasteiger partial charge in [-0.25, -0.2) is 4.98 Å². The van der Waals surface area contributed by atoms with Crippen molar-refractivity contribution in [3.63, 3.8) is 0 Å². The smallest absolute Gasteiger partial charge is 0.125 e. The average molecular weight is 339 g/mol. The Bertz CT molecular complexity index is 323. The van der Waals surface area contributed by atoms with Crippen molar-refractivity contribution in [2.45, 2.75) is 13.8 Å². The first kappa shape index (κ1) is 10.1. The number of allylic oxidation sites excluding steroid dienone is 1. The summed E-state index contributed by atoms with van der Waals surface area (Å²) >= 11 is 5.54. The molecule has 2 nitrogen and oxygen atoms in total. The highest BCUT2D eigenvalue weighted by Gasteiger charge is 2.04. The van der Waals surface area contributed by atoms with Crippen molar-refractivity contribution in [3.05, 3.63) is 28.3 Å². The lowest BCUT2D eigenvalue weighted by Crippen LogP contribution is -1.93. The largest absolute Gasteiger partial charge is 0.256 e. The molecule has 0 bridgehead atoms. The van der Waals surface area contributed by atoms with Crippen LogP contribution < -0.4 is 0 Å². The maximum absolute atomic E-state index is 4.32. The van der Waals surface area contributed by atoms with Crippen LogP contribution in [-0.2, 0) is 0 Å². The Morgan fingerprint density at radius 2 is 2.33 bits per heavy atom. The maximum atomic E-state index is 4.32. The van der Waals surface area contributed by atoms with E-state index in [9.17, 15) is 0 Å². The SMILES string of the molecule is C/C=C(/I)c1nc(Br)cnc1C. The summed E-state index contributed by atoms with van der Waals surface area (Å²) in [6.45, 7) is 3.95. The molecule has 1 rings (SSSR count). The highest BCUT2D eigenvalue weighted by molar-refractivity contribution is 14.1. The third-order valence-corrected chi connectivity index (χ3v) is 2.92. The van der Waals surface area contributed by atoms with Gasteiger partial charge in [-0.15, -0.1) is 0 Å². The Morgan fingerprint density at radius 3 is 2.92 bits per heavy atom.